The van der Waals surface area contributed by atoms with Gasteiger partial charge >= 0.3 is 0 Å². The molecule has 1 heterocycles. The van der Waals surface area contributed by atoms with E-state index in [0.717, 1.165) is 24.1 Å². The van der Waals surface area contributed by atoms with Crippen molar-refractivity contribution >= 4 is 22.7 Å². The van der Waals surface area contributed by atoms with Crippen LogP contribution >= 0.6 is 0 Å². The maximum absolute atomic E-state index is 15.1. The Labute approximate surface area is 162 Å². The van der Waals surface area contributed by atoms with Gasteiger partial charge in [0.2, 0.25) is 0 Å². The Morgan fingerprint density at radius 2 is 1.93 bits per heavy atom. The van der Waals surface area contributed by atoms with Gasteiger partial charge in [-0.15, -0.1) is 0 Å². The van der Waals surface area contributed by atoms with Crippen LogP contribution in [0.2, 0.25) is 0 Å². The van der Waals surface area contributed by atoms with Crippen molar-refractivity contribution < 1.29 is 18.4 Å². The molecule has 0 bridgehead atoms. The molecule has 2 aromatic rings. The largest absolute Gasteiger partial charge is 0.365 e. The number of halogens is 2. The maximum Gasteiger partial charge on any atom is 0.296 e. The minimum atomic E-state index is -1.22. The minimum absolute atomic E-state index is 0.166. The van der Waals surface area contributed by atoms with Crippen LogP contribution in [0.25, 0.3) is 10.9 Å². The summed E-state index contributed by atoms with van der Waals surface area (Å²) >= 11 is 0. The van der Waals surface area contributed by atoms with Gasteiger partial charge in [-0.1, -0.05) is 12.3 Å². The summed E-state index contributed by atoms with van der Waals surface area (Å²) in [5.41, 5.74) is 6.83. The van der Waals surface area contributed by atoms with E-state index in [4.69, 9.17) is 5.73 Å². The van der Waals surface area contributed by atoms with E-state index in [9.17, 15) is 14.0 Å². The van der Waals surface area contributed by atoms with E-state index in [0.29, 0.717) is 18.2 Å². The van der Waals surface area contributed by atoms with Gasteiger partial charge in [-0.3, -0.25) is 9.59 Å². The molecule has 2 atom stereocenters. The van der Waals surface area contributed by atoms with Crippen molar-refractivity contribution in [2.24, 2.45) is 5.73 Å². The number of benzene rings is 1. The number of primary amides is 1. The second kappa shape index (κ2) is 7.63. The first-order valence-electron chi connectivity index (χ1n) is 9.29. The molecule has 0 saturated heterocycles. The Balaban J connectivity index is 2.11. The van der Waals surface area contributed by atoms with Gasteiger partial charge in [0.05, 0.1) is 5.52 Å². The molecule has 1 aromatic heterocycles. The standard InChI is InChI=1S/C21H23F2N3O2/c1-4-6-14(27)26-13-8-5-7-12(9-13)16-15-10(2)11(3)25-20(15)17(21(24)28)19(23)18(16)22/h12-13,25H,5,7-9H2,1-3H3,(H2,24,28)(H,26,27)/t12-,13+/m1/s1. The van der Waals surface area contributed by atoms with Crippen LogP contribution in [0, 0.1) is 37.3 Å². The lowest BCUT2D eigenvalue weighted by atomic mass is 9.79. The van der Waals surface area contributed by atoms with Crippen LogP contribution in [0.15, 0.2) is 0 Å². The zero-order valence-corrected chi connectivity index (χ0v) is 16.1. The van der Waals surface area contributed by atoms with Gasteiger partial charge in [-0.25, -0.2) is 8.78 Å². The van der Waals surface area contributed by atoms with Crippen molar-refractivity contribution in [3.63, 3.8) is 0 Å². The number of hydrogen-bond acceptors (Lipinski definition) is 2. The molecule has 28 heavy (non-hydrogen) atoms. The first-order valence-corrected chi connectivity index (χ1v) is 9.29. The fourth-order valence-electron chi connectivity index (χ4n) is 4.22. The predicted molar refractivity (Wildman–Crippen MR) is 103 cm³/mol. The molecule has 148 valence electrons. The normalized spacial score (nSPS) is 19.2. The molecular formula is C21H23F2N3O2. The van der Waals surface area contributed by atoms with Crippen LogP contribution in [0.5, 0.6) is 0 Å². The summed E-state index contributed by atoms with van der Waals surface area (Å²) in [6, 6.07) is -0.166. The fourth-order valence-corrected chi connectivity index (χ4v) is 4.22. The van der Waals surface area contributed by atoms with E-state index in [2.05, 4.69) is 22.1 Å². The summed E-state index contributed by atoms with van der Waals surface area (Å²) in [6.07, 6.45) is 2.65. The maximum atomic E-state index is 15.1. The van der Waals surface area contributed by atoms with Crippen LogP contribution in [0.1, 0.15) is 65.7 Å². The third-order valence-corrected chi connectivity index (χ3v) is 5.57. The Hall–Kier alpha value is -2.88. The number of rotatable bonds is 3. The molecule has 1 aliphatic carbocycles. The van der Waals surface area contributed by atoms with Gasteiger partial charge in [-0.05, 0) is 57.4 Å². The van der Waals surface area contributed by atoms with E-state index in [1.165, 1.54) is 0 Å². The van der Waals surface area contributed by atoms with Crippen molar-refractivity contribution in [1.29, 1.82) is 0 Å². The SMILES string of the molecule is CC#CC(=O)N[C@H]1CCC[C@@H](c2c(F)c(F)c(C(N)=O)c3[nH]c(C)c(C)c23)C1. The first-order chi connectivity index (χ1) is 13.3. The molecule has 0 unspecified atom stereocenters. The number of aromatic amines is 1. The summed E-state index contributed by atoms with van der Waals surface area (Å²) in [4.78, 5) is 26.5. The molecular weight excluding hydrogens is 364 g/mol. The molecule has 3 rings (SSSR count). The molecule has 0 radical (unpaired) electrons. The molecule has 0 spiro atoms. The summed E-state index contributed by atoms with van der Waals surface area (Å²) in [7, 11) is 0. The molecule has 4 N–H and O–H groups in total. The first kappa shape index (κ1) is 19.9. The highest BCUT2D eigenvalue weighted by molar-refractivity contribution is 6.07. The Morgan fingerprint density at radius 3 is 2.57 bits per heavy atom. The van der Waals surface area contributed by atoms with Gasteiger partial charge in [0.15, 0.2) is 11.6 Å². The van der Waals surface area contributed by atoms with Gasteiger partial charge in [-0.2, -0.15) is 0 Å². The number of aromatic nitrogens is 1. The minimum Gasteiger partial charge on any atom is -0.365 e. The highest BCUT2D eigenvalue weighted by Crippen LogP contribution is 2.42. The smallest absolute Gasteiger partial charge is 0.296 e. The molecule has 1 fully saturated rings. The number of fused-ring (bicyclic) bond motifs is 1. The molecule has 1 saturated carbocycles. The van der Waals surface area contributed by atoms with Crippen LogP contribution < -0.4 is 11.1 Å². The quantitative estimate of drug-likeness (QED) is 0.706. The Morgan fingerprint density at radius 1 is 1.21 bits per heavy atom. The van der Waals surface area contributed by atoms with Crippen molar-refractivity contribution in [1.82, 2.24) is 10.3 Å². The van der Waals surface area contributed by atoms with Gasteiger partial charge in [0, 0.05) is 22.7 Å². The van der Waals surface area contributed by atoms with Crippen molar-refractivity contribution in [3.05, 3.63) is 34.0 Å². The second-order valence-corrected chi connectivity index (χ2v) is 7.31. The summed E-state index contributed by atoms with van der Waals surface area (Å²) < 4.78 is 29.9. The zero-order valence-electron chi connectivity index (χ0n) is 16.1. The molecule has 5 nitrogen and oxygen atoms in total. The number of H-pyrrole nitrogens is 1. The molecule has 1 aromatic carbocycles. The van der Waals surface area contributed by atoms with Crippen LogP contribution in [0.4, 0.5) is 8.78 Å². The highest BCUT2D eigenvalue weighted by Gasteiger charge is 2.33. The third-order valence-electron chi connectivity index (χ3n) is 5.57. The summed E-state index contributed by atoms with van der Waals surface area (Å²) in [5.74, 6) is 1.06. The van der Waals surface area contributed by atoms with Crippen LogP contribution in [0.3, 0.4) is 0 Å². The predicted octanol–water partition coefficient (Wildman–Crippen LogP) is 3.33. The fraction of sp³-hybridized carbons (Fsp3) is 0.429. The average molecular weight is 387 g/mol. The lowest BCUT2D eigenvalue weighted by molar-refractivity contribution is -0.116. The number of aryl methyl sites for hydroxylation is 2. The second-order valence-electron chi connectivity index (χ2n) is 7.31. The van der Waals surface area contributed by atoms with E-state index in [1.54, 1.807) is 20.8 Å². The highest BCUT2D eigenvalue weighted by atomic mass is 19.2. The van der Waals surface area contributed by atoms with E-state index in [-0.39, 0.29) is 28.9 Å². The number of nitrogens with one attached hydrogen (secondary N) is 2. The molecule has 0 aliphatic heterocycles. The zero-order chi connectivity index (χ0) is 20.6. The van der Waals surface area contributed by atoms with Gasteiger partial charge in [0.25, 0.3) is 11.8 Å². The van der Waals surface area contributed by atoms with Crippen LogP contribution in [-0.4, -0.2) is 22.8 Å². The van der Waals surface area contributed by atoms with Gasteiger partial charge < -0.3 is 16.0 Å². The van der Waals surface area contributed by atoms with E-state index < -0.39 is 23.1 Å². The lowest BCUT2D eigenvalue weighted by Gasteiger charge is -2.30. The van der Waals surface area contributed by atoms with E-state index in [1.807, 2.05) is 0 Å². The topological polar surface area (TPSA) is 88.0 Å². The third kappa shape index (κ3) is 3.35. The van der Waals surface area contributed by atoms with Gasteiger partial charge in [0.1, 0.15) is 5.56 Å². The van der Waals surface area contributed by atoms with Crippen molar-refractivity contribution in [2.45, 2.75) is 58.4 Å². The number of carbonyl (C=O) groups excluding carboxylic acids is 2. The monoisotopic (exact) mass is 387 g/mol. The number of amides is 2. The Bertz CT molecular complexity index is 1030. The van der Waals surface area contributed by atoms with Crippen molar-refractivity contribution in [3.8, 4) is 11.8 Å². The van der Waals surface area contributed by atoms with Crippen LogP contribution in [-0.2, 0) is 4.79 Å². The summed E-state index contributed by atoms with van der Waals surface area (Å²) in [5, 5.41) is 3.35. The van der Waals surface area contributed by atoms with Crippen molar-refractivity contribution in [2.75, 3.05) is 0 Å². The number of carbonyl (C=O) groups is 2. The molecule has 2 amide bonds. The Kier molecular flexibility index (Phi) is 5.41. The molecule has 7 heteroatoms. The number of hydrogen-bond donors (Lipinski definition) is 3. The molecule has 1 aliphatic rings. The number of nitrogens with two attached hydrogens (primary N) is 1. The average Bonchev–Trinajstić information content (AvgIpc) is 2.91. The lowest BCUT2D eigenvalue weighted by Crippen LogP contribution is -2.37. The van der Waals surface area contributed by atoms with E-state index >= 15 is 4.39 Å². The summed E-state index contributed by atoms with van der Waals surface area (Å²) in [6.45, 7) is 5.17.